The van der Waals surface area contributed by atoms with Crippen LogP contribution in [0.2, 0.25) is 0 Å². The van der Waals surface area contributed by atoms with E-state index in [1.54, 1.807) is 0 Å². The highest BCUT2D eigenvalue weighted by molar-refractivity contribution is 7.91. The Morgan fingerprint density at radius 3 is 2.50 bits per heavy atom. The van der Waals surface area contributed by atoms with E-state index in [1.807, 2.05) is 0 Å². The monoisotopic (exact) mass is 331 g/mol. The number of benzene rings is 1. The van der Waals surface area contributed by atoms with E-state index in [-0.39, 0.29) is 5.56 Å². The van der Waals surface area contributed by atoms with Crippen molar-refractivity contribution in [3.8, 4) is 0 Å². The van der Waals surface area contributed by atoms with E-state index in [4.69, 9.17) is 0 Å². The van der Waals surface area contributed by atoms with Gasteiger partial charge in [0.25, 0.3) is 0 Å². The third-order valence-electron chi connectivity index (χ3n) is 3.48. The SMILES string of the molecule is CC(C(O)C(c1ccc(F)cc1F)n1cncn1)S(C)(=O)=O. The van der Waals surface area contributed by atoms with Gasteiger partial charge in [0.05, 0.1) is 11.4 Å². The highest BCUT2D eigenvalue weighted by Crippen LogP contribution is 2.28. The summed E-state index contributed by atoms with van der Waals surface area (Å²) in [6, 6.07) is 1.69. The molecule has 0 bridgehead atoms. The fourth-order valence-corrected chi connectivity index (χ4v) is 2.75. The second kappa shape index (κ2) is 6.09. The molecule has 0 saturated heterocycles. The van der Waals surface area contributed by atoms with Crippen molar-refractivity contribution in [2.45, 2.75) is 24.3 Å². The predicted octanol–water partition coefficient (Wildman–Crippen LogP) is 0.940. The van der Waals surface area contributed by atoms with Crippen LogP contribution >= 0.6 is 0 Å². The summed E-state index contributed by atoms with van der Waals surface area (Å²) >= 11 is 0. The van der Waals surface area contributed by atoms with Gasteiger partial charge in [0.15, 0.2) is 9.84 Å². The van der Waals surface area contributed by atoms with Crippen LogP contribution in [0.4, 0.5) is 8.78 Å². The van der Waals surface area contributed by atoms with Gasteiger partial charge in [-0.25, -0.2) is 26.9 Å². The van der Waals surface area contributed by atoms with Crippen LogP contribution in [0.5, 0.6) is 0 Å². The van der Waals surface area contributed by atoms with Crippen LogP contribution in [0.3, 0.4) is 0 Å². The lowest BCUT2D eigenvalue weighted by Gasteiger charge is -2.27. The van der Waals surface area contributed by atoms with Crippen molar-refractivity contribution in [3.05, 3.63) is 48.1 Å². The van der Waals surface area contributed by atoms with Crippen LogP contribution in [0, 0.1) is 11.6 Å². The summed E-state index contributed by atoms with van der Waals surface area (Å²) in [6.07, 6.45) is 1.88. The summed E-state index contributed by atoms with van der Waals surface area (Å²) in [5.74, 6) is -1.68. The van der Waals surface area contributed by atoms with Gasteiger partial charge in [0.2, 0.25) is 0 Å². The van der Waals surface area contributed by atoms with E-state index >= 15 is 0 Å². The molecule has 0 spiro atoms. The number of aromatic nitrogens is 3. The van der Waals surface area contributed by atoms with Crippen molar-refractivity contribution in [2.24, 2.45) is 0 Å². The van der Waals surface area contributed by atoms with Gasteiger partial charge in [-0.2, -0.15) is 5.10 Å². The van der Waals surface area contributed by atoms with Crippen molar-refractivity contribution in [3.63, 3.8) is 0 Å². The van der Waals surface area contributed by atoms with E-state index in [0.29, 0.717) is 6.07 Å². The molecule has 1 aromatic carbocycles. The molecule has 1 aromatic heterocycles. The molecule has 0 amide bonds. The van der Waals surface area contributed by atoms with Gasteiger partial charge in [-0.1, -0.05) is 6.07 Å². The third kappa shape index (κ3) is 3.30. The maximum Gasteiger partial charge on any atom is 0.152 e. The second-order valence-corrected chi connectivity index (χ2v) is 7.41. The van der Waals surface area contributed by atoms with Gasteiger partial charge in [0, 0.05) is 17.9 Å². The number of halogens is 2. The quantitative estimate of drug-likeness (QED) is 0.881. The lowest BCUT2D eigenvalue weighted by Crippen LogP contribution is -2.39. The number of aliphatic hydroxyl groups excluding tert-OH is 1. The molecule has 22 heavy (non-hydrogen) atoms. The Kier molecular flexibility index (Phi) is 4.57. The maximum absolute atomic E-state index is 14.1. The zero-order valence-corrected chi connectivity index (χ0v) is 12.7. The Hall–Kier alpha value is -1.87. The Balaban J connectivity index is 2.53. The molecule has 3 unspecified atom stereocenters. The molecule has 2 aromatic rings. The highest BCUT2D eigenvalue weighted by atomic mass is 32.2. The minimum Gasteiger partial charge on any atom is -0.389 e. The first-order chi connectivity index (χ1) is 10.2. The summed E-state index contributed by atoms with van der Waals surface area (Å²) in [6.45, 7) is 1.31. The maximum atomic E-state index is 14.1. The fraction of sp³-hybridized carbons (Fsp3) is 0.385. The summed E-state index contributed by atoms with van der Waals surface area (Å²) < 4.78 is 51.6. The third-order valence-corrected chi connectivity index (χ3v) is 5.11. The standard InChI is InChI=1S/C13H15F2N3O3S/c1-8(22(2,20)21)13(19)12(18-7-16-6-17-18)10-4-3-9(14)5-11(10)15/h3-8,12-13,19H,1-2H3. The Morgan fingerprint density at radius 1 is 1.32 bits per heavy atom. The molecule has 2 rings (SSSR count). The van der Waals surface area contributed by atoms with Crippen LogP contribution in [-0.2, 0) is 9.84 Å². The smallest absolute Gasteiger partial charge is 0.152 e. The molecule has 0 aliphatic carbocycles. The predicted molar refractivity (Wildman–Crippen MR) is 74.8 cm³/mol. The average Bonchev–Trinajstić information content (AvgIpc) is 2.93. The van der Waals surface area contributed by atoms with Gasteiger partial charge in [-0.15, -0.1) is 0 Å². The molecule has 6 nitrogen and oxygen atoms in total. The van der Waals surface area contributed by atoms with E-state index in [2.05, 4.69) is 10.1 Å². The van der Waals surface area contributed by atoms with Gasteiger partial charge < -0.3 is 5.11 Å². The number of aliphatic hydroxyl groups is 1. The molecule has 0 aliphatic heterocycles. The van der Waals surface area contributed by atoms with Crippen molar-refractivity contribution < 1.29 is 22.3 Å². The normalized spacial score (nSPS) is 16.2. The molecule has 1 heterocycles. The summed E-state index contributed by atoms with van der Waals surface area (Å²) in [4.78, 5) is 3.71. The van der Waals surface area contributed by atoms with Crippen molar-refractivity contribution in [1.29, 1.82) is 0 Å². The lowest BCUT2D eigenvalue weighted by atomic mass is 9.99. The van der Waals surface area contributed by atoms with Crippen molar-refractivity contribution >= 4 is 9.84 Å². The molecule has 9 heteroatoms. The second-order valence-electron chi connectivity index (χ2n) is 5.01. The molecule has 0 radical (unpaired) electrons. The number of hydrogen-bond acceptors (Lipinski definition) is 5. The van der Waals surface area contributed by atoms with Gasteiger partial charge in [-0.05, 0) is 13.0 Å². The molecular weight excluding hydrogens is 316 g/mol. The molecule has 120 valence electrons. The van der Waals surface area contributed by atoms with Crippen LogP contribution in [0.1, 0.15) is 18.5 Å². The topological polar surface area (TPSA) is 85.1 Å². The first-order valence-electron chi connectivity index (χ1n) is 6.38. The van der Waals surface area contributed by atoms with E-state index in [9.17, 15) is 22.3 Å². The number of sulfone groups is 1. The Bertz CT molecular complexity index is 750. The molecule has 0 saturated carbocycles. The molecular formula is C13H15F2N3O3S. The lowest BCUT2D eigenvalue weighted by molar-refractivity contribution is 0.121. The Labute approximate surface area is 126 Å². The zero-order chi connectivity index (χ0) is 16.5. The van der Waals surface area contributed by atoms with Crippen molar-refractivity contribution in [1.82, 2.24) is 14.8 Å². The van der Waals surface area contributed by atoms with Crippen LogP contribution in [-0.4, -0.2) is 45.9 Å². The highest BCUT2D eigenvalue weighted by Gasteiger charge is 2.35. The number of rotatable bonds is 5. The van der Waals surface area contributed by atoms with E-state index in [1.165, 1.54) is 19.6 Å². The van der Waals surface area contributed by atoms with Crippen LogP contribution in [0.25, 0.3) is 0 Å². The first-order valence-corrected chi connectivity index (χ1v) is 8.33. The van der Waals surface area contributed by atoms with Crippen LogP contribution < -0.4 is 0 Å². The van der Waals surface area contributed by atoms with Crippen molar-refractivity contribution in [2.75, 3.05) is 6.26 Å². The van der Waals surface area contributed by atoms with Crippen LogP contribution in [0.15, 0.2) is 30.9 Å². The van der Waals surface area contributed by atoms with E-state index in [0.717, 1.165) is 23.1 Å². The first kappa shape index (κ1) is 16.5. The zero-order valence-electron chi connectivity index (χ0n) is 11.9. The fourth-order valence-electron chi connectivity index (χ4n) is 2.10. The summed E-state index contributed by atoms with van der Waals surface area (Å²) in [7, 11) is -3.58. The van der Waals surface area contributed by atoms with Gasteiger partial charge in [-0.3, -0.25) is 0 Å². The average molecular weight is 331 g/mol. The van der Waals surface area contributed by atoms with E-state index < -0.39 is 38.9 Å². The van der Waals surface area contributed by atoms with Gasteiger partial charge >= 0.3 is 0 Å². The minimum atomic E-state index is -3.58. The Morgan fingerprint density at radius 2 is 2.00 bits per heavy atom. The summed E-state index contributed by atoms with van der Waals surface area (Å²) in [5.41, 5.74) is -0.0742. The minimum absolute atomic E-state index is 0.0742. The molecule has 0 fully saturated rings. The largest absolute Gasteiger partial charge is 0.389 e. The van der Waals surface area contributed by atoms with Gasteiger partial charge in [0.1, 0.15) is 30.3 Å². The number of nitrogens with zero attached hydrogens (tertiary/aromatic N) is 3. The summed E-state index contributed by atoms with van der Waals surface area (Å²) in [5, 5.41) is 13.1. The molecule has 0 aliphatic rings. The molecule has 3 atom stereocenters. The number of hydrogen-bond donors (Lipinski definition) is 1. The molecule has 1 N–H and O–H groups in total.